The summed E-state index contributed by atoms with van der Waals surface area (Å²) in [4.78, 5) is 17.2. The van der Waals surface area contributed by atoms with Crippen molar-refractivity contribution in [3.8, 4) is 0 Å². The van der Waals surface area contributed by atoms with E-state index in [1.54, 1.807) is 0 Å². The molecule has 0 aliphatic heterocycles. The summed E-state index contributed by atoms with van der Waals surface area (Å²) in [5, 5.41) is 3.17. The molecule has 2 aromatic heterocycles. The number of nitrogens with one attached hydrogen (secondary N) is 1. The summed E-state index contributed by atoms with van der Waals surface area (Å²) in [7, 11) is 0. The third kappa shape index (κ3) is 3.39. The highest BCUT2D eigenvalue weighted by Gasteiger charge is 2.24. The third-order valence-electron chi connectivity index (χ3n) is 4.60. The molecule has 5 nitrogen and oxygen atoms in total. The van der Waals surface area contributed by atoms with Crippen molar-refractivity contribution in [1.82, 2.24) is 14.7 Å². The molecule has 0 aromatic carbocycles. The van der Waals surface area contributed by atoms with E-state index in [9.17, 15) is 4.79 Å². The van der Waals surface area contributed by atoms with Gasteiger partial charge in [-0.3, -0.25) is 4.79 Å². The summed E-state index contributed by atoms with van der Waals surface area (Å²) in [5.41, 5.74) is 3.41. The Balaban J connectivity index is 1.70. The minimum Gasteiger partial charge on any atom is -0.379 e. The summed E-state index contributed by atoms with van der Waals surface area (Å²) in [6.07, 6.45) is 6.27. The van der Waals surface area contributed by atoms with Gasteiger partial charge in [-0.1, -0.05) is 0 Å². The first-order valence-corrected chi connectivity index (χ1v) is 8.46. The first kappa shape index (κ1) is 16.0. The molecule has 0 saturated heterocycles. The molecule has 0 spiro atoms. The van der Waals surface area contributed by atoms with Crippen LogP contribution in [0.2, 0.25) is 0 Å². The van der Waals surface area contributed by atoms with Crippen LogP contribution in [0.5, 0.6) is 0 Å². The molecule has 1 saturated carbocycles. The van der Waals surface area contributed by atoms with Gasteiger partial charge < -0.3 is 14.5 Å². The van der Waals surface area contributed by atoms with Gasteiger partial charge in [-0.05, 0) is 58.6 Å². The topological polar surface area (TPSA) is 55.6 Å². The Hall–Kier alpha value is -1.88. The minimum atomic E-state index is -0.0233. The summed E-state index contributed by atoms with van der Waals surface area (Å²) in [5.74, 6) is -0.0233. The van der Waals surface area contributed by atoms with Crippen LogP contribution in [0.25, 0.3) is 5.65 Å². The zero-order chi connectivity index (χ0) is 16.4. The van der Waals surface area contributed by atoms with Gasteiger partial charge in [0.15, 0.2) is 0 Å². The first-order valence-electron chi connectivity index (χ1n) is 8.46. The second-order valence-corrected chi connectivity index (χ2v) is 6.36. The fourth-order valence-electron chi connectivity index (χ4n) is 3.44. The molecule has 2 heterocycles. The molecule has 124 valence electrons. The normalized spacial score (nSPS) is 21.5. The van der Waals surface area contributed by atoms with Crippen molar-refractivity contribution < 1.29 is 9.53 Å². The molecular weight excluding hydrogens is 290 g/mol. The second kappa shape index (κ2) is 6.71. The number of aryl methyl sites for hydroxylation is 2. The Labute approximate surface area is 137 Å². The van der Waals surface area contributed by atoms with Crippen LogP contribution >= 0.6 is 0 Å². The molecule has 1 aliphatic rings. The fourth-order valence-corrected chi connectivity index (χ4v) is 3.44. The predicted molar refractivity (Wildman–Crippen MR) is 89.8 cm³/mol. The Kier molecular flexibility index (Phi) is 4.66. The lowest BCUT2D eigenvalue weighted by Crippen LogP contribution is -2.39. The number of fused-ring (bicyclic) bond motifs is 1. The van der Waals surface area contributed by atoms with E-state index in [2.05, 4.69) is 10.3 Å². The van der Waals surface area contributed by atoms with Crippen molar-refractivity contribution in [3.63, 3.8) is 0 Å². The van der Waals surface area contributed by atoms with Crippen LogP contribution in [0.4, 0.5) is 0 Å². The molecule has 1 fully saturated rings. The average Bonchev–Trinajstić information content (AvgIpc) is 2.93. The van der Waals surface area contributed by atoms with Crippen LogP contribution in [-0.2, 0) is 4.74 Å². The monoisotopic (exact) mass is 315 g/mol. The van der Waals surface area contributed by atoms with Crippen LogP contribution in [0.1, 0.15) is 54.4 Å². The molecule has 0 radical (unpaired) electrons. The van der Waals surface area contributed by atoms with Crippen LogP contribution in [0.3, 0.4) is 0 Å². The van der Waals surface area contributed by atoms with Crippen molar-refractivity contribution in [3.05, 3.63) is 35.3 Å². The van der Waals surface area contributed by atoms with Crippen molar-refractivity contribution in [1.29, 1.82) is 0 Å². The van der Waals surface area contributed by atoms with Gasteiger partial charge in [0.05, 0.1) is 11.7 Å². The van der Waals surface area contributed by atoms with Crippen molar-refractivity contribution in [2.75, 3.05) is 6.61 Å². The molecule has 5 heteroatoms. The standard InChI is InChI=1S/C18H25N3O2/c1-4-23-15-7-5-14(6-8-15)20-18(22)16-9-10-21-13(3)11-12(2)19-17(16)21/h9-11,14-15H,4-8H2,1-3H3,(H,20,22)/t14-,15-. The van der Waals surface area contributed by atoms with Gasteiger partial charge in [0, 0.05) is 30.2 Å². The molecule has 2 aromatic rings. The quantitative estimate of drug-likeness (QED) is 0.943. The van der Waals surface area contributed by atoms with E-state index < -0.39 is 0 Å². The van der Waals surface area contributed by atoms with E-state index in [-0.39, 0.29) is 11.9 Å². The van der Waals surface area contributed by atoms with Gasteiger partial charge in [0.25, 0.3) is 5.91 Å². The Morgan fingerprint density at radius 1 is 1.35 bits per heavy atom. The Morgan fingerprint density at radius 2 is 2.09 bits per heavy atom. The number of amides is 1. The predicted octanol–water partition coefficient (Wildman–Crippen LogP) is 3.03. The molecule has 0 atom stereocenters. The lowest BCUT2D eigenvalue weighted by atomic mass is 9.93. The number of hydrogen-bond donors (Lipinski definition) is 1. The molecule has 23 heavy (non-hydrogen) atoms. The first-order chi connectivity index (χ1) is 11.1. The van der Waals surface area contributed by atoms with Gasteiger partial charge in [-0.15, -0.1) is 0 Å². The largest absolute Gasteiger partial charge is 0.379 e. The van der Waals surface area contributed by atoms with E-state index in [1.807, 2.05) is 43.5 Å². The van der Waals surface area contributed by atoms with Crippen molar-refractivity contribution in [2.24, 2.45) is 0 Å². The number of rotatable bonds is 4. The van der Waals surface area contributed by atoms with Gasteiger partial charge in [0.1, 0.15) is 5.65 Å². The summed E-state index contributed by atoms with van der Waals surface area (Å²) < 4.78 is 7.63. The van der Waals surface area contributed by atoms with Gasteiger partial charge in [-0.2, -0.15) is 0 Å². The number of hydrogen-bond acceptors (Lipinski definition) is 3. The van der Waals surface area contributed by atoms with Gasteiger partial charge in [0.2, 0.25) is 0 Å². The smallest absolute Gasteiger partial charge is 0.255 e. The summed E-state index contributed by atoms with van der Waals surface area (Å²) in [6, 6.07) is 4.11. The maximum Gasteiger partial charge on any atom is 0.255 e. The van der Waals surface area contributed by atoms with Crippen LogP contribution in [0, 0.1) is 13.8 Å². The SMILES string of the molecule is CCO[C@H]1CC[C@H](NC(=O)c2ccn3c(C)cc(C)nc23)CC1. The lowest BCUT2D eigenvalue weighted by molar-refractivity contribution is 0.0300. The zero-order valence-electron chi connectivity index (χ0n) is 14.1. The number of aromatic nitrogens is 2. The minimum absolute atomic E-state index is 0.0233. The maximum atomic E-state index is 12.6. The highest BCUT2D eigenvalue weighted by Crippen LogP contribution is 2.22. The van der Waals surface area contributed by atoms with E-state index in [1.165, 1.54) is 0 Å². The molecule has 1 N–H and O–H groups in total. The molecule has 0 bridgehead atoms. The van der Waals surface area contributed by atoms with Gasteiger partial charge in [-0.25, -0.2) is 4.98 Å². The van der Waals surface area contributed by atoms with Gasteiger partial charge >= 0.3 is 0 Å². The van der Waals surface area contributed by atoms with Crippen LogP contribution < -0.4 is 5.32 Å². The lowest BCUT2D eigenvalue weighted by Gasteiger charge is -2.28. The van der Waals surface area contributed by atoms with Crippen molar-refractivity contribution >= 4 is 11.6 Å². The number of nitrogens with zero attached hydrogens (tertiary/aromatic N) is 2. The number of ether oxygens (including phenoxy) is 1. The van der Waals surface area contributed by atoms with E-state index in [0.29, 0.717) is 11.7 Å². The van der Waals surface area contributed by atoms with E-state index >= 15 is 0 Å². The summed E-state index contributed by atoms with van der Waals surface area (Å²) in [6.45, 7) is 6.78. The Morgan fingerprint density at radius 3 is 2.78 bits per heavy atom. The highest BCUT2D eigenvalue weighted by molar-refractivity contribution is 6.00. The van der Waals surface area contributed by atoms with Crippen LogP contribution in [-0.4, -0.2) is 34.0 Å². The van der Waals surface area contributed by atoms with E-state index in [0.717, 1.165) is 49.3 Å². The maximum absolute atomic E-state index is 12.6. The average molecular weight is 315 g/mol. The third-order valence-corrected chi connectivity index (χ3v) is 4.60. The molecule has 3 rings (SSSR count). The molecular formula is C18H25N3O2. The summed E-state index contributed by atoms with van der Waals surface area (Å²) >= 11 is 0. The second-order valence-electron chi connectivity index (χ2n) is 6.36. The highest BCUT2D eigenvalue weighted by atomic mass is 16.5. The zero-order valence-corrected chi connectivity index (χ0v) is 14.1. The van der Waals surface area contributed by atoms with Crippen molar-refractivity contribution in [2.45, 2.75) is 58.6 Å². The fraction of sp³-hybridized carbons (Fsp3) is 0.556. The molecule has 0 unspecified atom stereocenters. The number of carbonyl (C=O) groups is 1. The number of carbonyl (C=O) groups excluding carboxylic acids is 1. The molecule has 1 aliphatic carbocycles. The molecule has 1 amide bonds. The Bertz CT molecular complexity index is 700. The van der Waals surface area contributed by atoms with Crippen LogP contribution in [0.15, 0.2) is 18.3 Å². The van der Waals surface area contributed by atoms with E-state index in [4.69, 9.17) is 4.74 Å².